The molecule has 2 rings (SSSR count). The SMILES string of the molecule is CCO[Si](CCCNC(=O)N1CNc2cc(C)c(C)cc21)(OCC)OCC. The van der Waals surface area contributed by atoms with Crippen molar-refractivity contribution in [1.82, 2.24) is 5.32 Å². The highest BCUT2D eigenvalue weighted by atomic mass is 28.4. The highest BCUT2D eigenvalue weighted by Gasteiger charge is 2.39. The van der Waals surface area contributed by atoms with Gasteiger partial charge >= 0.3 is 14.8 Å². The molecule has 0 unspecified atom stereocenters. The van der Waals surface area contributed by atoms with E-state index in [4.69, 9.17) is 13.3 Å². The molecular weight excluding hydrogens is 362 g/mol. The van der Waals surface area contributed by atoms with E-state index in [-0.39, 0.29) is 6.03 Å². The third-order valence-corrected chi connectivity index (χ3v) is 7.76. The van der Waals surface area contributed by atoms with Crippen LogP contribution in [0.2, 0.25) is 6.04 Å². The monoisotopic (exact) mass is 395 g/mol. The zero-order valence-electron chi connectivity index (χ0n) is 17.2. The molecule has 7 nitrogen and oxygen atoms in total. The van der Waals surface area contributed by atoms with Crippen molar-refractivity contribution in [2.45, 2.75) is 47.1 Å². The molecule has 0 saturated carbocycles. The van der Waals surface area contributed by atoms with Crippen molar-refractivity contribution >= 4 is 26.2 Å². The number of urea groups is 1. The molecular formula is C19H33N3O4Si. The normalized spacial score (nSPS) is 13.4. The fourth-order valence-corrected chi connectivity index (χ4v) is 5.81. The average Bonchev–Trinajstić information content (AvgIpc) is 3.02. The number of carbonyl (C=O) groups is 1. The smallest absolute Gasteiger partial charge is 0.374 e. The van der Waals surface area contributed by atoms with E-state index in [1.807, 2.05) is 20.8 Å². The maximum atomic E-state index is 12.6. The summed E-state index contributed by atoms with van der Waals surface area (Å²) in [5.74, 6) is 0. The van der Waals surface area contributed by atoms with E-state index in [9.17, 15) is 4.79 Å². The number of aryl methyl sites for hydroxylation is 2. The second kappa shape index (κ2) is 10.1. The van der Waals surface area contributed by atoms with Crippen LogP contribution in [0.5, 0.6) is 0 Å². The Morgan fingerprint density at radius 2 is 1.70 bits per heavy atom. The second-order valence-corrected chi connectivity index (χ2v) is 9.27. The Morgan fingerprint density at radius 1 is 1.11 bits per heavy atom. The molecule has 2 N–H and O–H groups in total. The lowest BCUT2D eigenvalue weighted by molar-refractivity contribution is 0.0708. The quantitative estimate of drug-likeness (QED) is 0.467. The summed E-state index contributed by atoms with van der Waals surface area (Å²) in [4.78, 5) is 14.3. The van der Waals surface area contributed by atoms with Gasteiger partial charge in [0, 0.05) is 32.4 Å². The van der Waals surface area contributed by atoms with Gasteiger partial charge in [-0.05, 0) is 64.3 Å². The van der Waals surface area contributed by atoms with E-state index in [1.165, 1.54) is 11.1 Å². The molecule has 0 radical (unpaired) electrons. The highest BCUT2D eigenvalue weighted by molar-refractivity contribution is 6.60. The van der Waals surface area contributed by atoms with Crippen molar-refractivity contribution in [3.63, 3.8) is 0 Å². The van der Waals surface area contributed by atoms with Gasteiger partial charge in [0.25, 0.3) is 0 Å². The Hall–Kier alpha value is -1.61. The molecule has 0 saturated heterocycles. The largest absolute Gasteiger partial charge is 0.500 e. The minimum absolute atomic E-state index is 0.0963. The molecule has 8 heteroatoms. The summed E-state index contributed by atoms with van der Waals surface area (Å²) >= 11 is 0. The molecule has 0 aromatic heterocycles. The predicted molar refractivity (Wildman–Crippen MR) is 110 cm³/mol. The first-order valence-corrected chi connectivity index (χ1v) is 11.7. The van der Waals surface area contributed by atoms with E-state index in [0.29, 0.717) is 39.1 Å². The van der Waals surface area contributed by atoms with Gasteiger partial charge in [-0.1, -0.05) is 0 Å². The minimum Gasteiger partial charge on any atom is -0.374 e. The lowest BCUT2D eigenvalue weighted by Crippen LogP contribution is -2.47. The van der Waals surface area contributed by atoms with Crippen LogP contribution in [-0.4, -0.2) is 47.9 Å². The van der Waals surface area contributed by atoms with Gasteiger partial charge in [-0.3, -0.25) is 4.90 Å². The molecule has 1 aromatic rings. The summed E-state index contributed by atoms with van der Waals surface area (Å²) in [6.07, 6.45) is 0.749. The van der Waals surface area contributed by atoms with Gasteiger partial charge in [0.1, 0.15) is 0 Å². The first-order chi connectivity index (χ1) is 13.0. The van der Waals surface area contributed by atoms with Gasteiger partial charge in [-0.15, -0.1) is 0 Å². The Balaban J connectivity index is 1.89. The Kier molecular flexibility index (Phi) is 8.09. The van der Waals surface area contributed by atoms with Crippen molar-refractivity contribution in [3.8, 4) is 0 Å². The molecule has 0 spiro atoms. The van der Waals surface area contributed by atoms with Gasteiger partial charge < -0.3 is 23.9 Å². The lowest BCUT2D eigenvalue weighted by atomic mass is 10.1. The second-order valence-electron chi connectivity index (χ2n) is 6.53. The first-order valence-electron chi connectivity index (χ1n) is 9.78. The van der Waals surface area contributed by atoms with E-state index in [0.717, 1.165) is 17.8 Å². The van der Waals surface area contributed by atoms with Crippen LogP contribution in [-0.2, 0) is 13.3 Å². The third kappa shape index (κ3) is 5.44. The van der Waals surface area contributed by atoms with Crippen LogP contribution >= 0.6 is 0 Å². The van der Waals surface area contributed by atoms with Crippen molar-refractivity contribution in [2.24, 2.45) is 0 Å². The summed E-state index contributed by atoms with van der Waals surface area (Å²) in [6, 6.07) is 4.74. The number of hydrogen-bond donors (Lipinski definition) is 2. The van der Waals surface area contributed by atoms with E-state index < -0.39 is 8.80 Å². The van der Waals surface area contributed by atoms with Crippen molar-refractivity contribution < 1.29 is 18.1 Å². The van der Waals surface area contributed by atoms with Gasteiger partial charge in [-0.25, -0.2) is 4.79 Å². The third-order valence-electron chi connectivity index (χ3n) is 4.60. The number of amides is 2. The highest BCUT2D eigenvalue weighted by Crippen LogP contribution is 2.33. The summed E-state index contributed by atoms with van der Waals surface area (Å²) in [6.45, 7) is 12.7. The van der Waals surface area contributed by atoms with Crippen LogP contribution in [0.15, 0.2) is 12.1 Å². The summed E-state index contributed by atoms with van der Waals surface area (Å²) in [5, 5.41) is 6.28. The number of hydrogen-bond acceptors (Lipinski definition) is 5. The molecule has 2 amide bonds. The Bertz CT molecular complexity index is 625. The molecule has 0 bridgehead atoms. The van der Waals surface area contributed by atoms with Crippen LogP contribution in [0.25, 0.3) is 0 Å². The summed E-state index contributed by atoms with van der Waals surface area (Å²) in [5.41, 5.74) is 4.32. The average molecular weight is 396 g/mol. The van der Waals surface area contributed by atoms with E-state index >= 15 is 0 Å². The zero-order valence-corrected chi connectivity index (χ0v) is 18.2. The molecule has 152 valence electrons. The number of nitrogens with zero attached hydrogens (tertiary/aromatic N) is 1. The molecule has 0 fully saturated rings. The fraction of sp³-hybridized carbons (Fsp3) is 0.632. The summed E-state index contributed by atoms with van der Waals surface area (Å²) < 4.78 is 17.5. The number of benzene rings is 1. The fourth-order valence-electron chi connectivity index (χ4n) is 3.19. The molecule has 1 aliphatic rings. The van der Waals surface area contributed by atoms with Gasteiger partial charge in [0.2, 0.25) is 0 Å². The van der Waals surface area contributed by atoms with Crippen LogP contribution in [0.3, 0.4) is 0 Å². The van der Waals surface area contributed by atoms with E-state index in [2.05, 4.69) is 36.6 Å². The number of carbonyl (C=O) groups excluding carboxylic acids is 1. The molecule has 1 heterocycles. The Morgan fingerprint density at radius 3 is 2.30 bits per heavy atom. The van der Waals surface area contributed by atoms with Crippen molar-refractivity contribution in [2.75, 3.05) is 43.3 Å². The predicted octanol–water partition coefficient (Wildman–Crippen LogP) is 3.64. The maximum Gasteiger partial charge on any atom is 0.500 e. The molecule has 0 atom stereocenters. The maximum absolute atomic E-state index is 12.6. The van der Waals surface area contributed by atoms with Crippen LogP contribution < -0.4 is 15.5 Å². The first kappa shape index (κ1) is 21.7. The van der Waals surface area contributed by atoms with Gasteiger partial charge in [0.15, 0.2) is 0 Å². The lowest BCUT2D eigenvalue weighted by Gasteiger charge is -2.28. The molecule has 1 aliphatic heterocycles. The summed E-state index contributed by atoms with van der Waals surface area (Å²) in [7, 11) is -2.65. The Labute approximate surface area is 163 Å². The van der Waals surface area contributed by atoms with Crippen LogP contribution in [0.1, 0.15) is 38.3 Å². The molecule has 1 aromatic carbocycles. The zero-order chi connectivity index (χ0) is 19.9. The number of anilines is 2. The minimum atomic E-state index is -2.65. The standard InChI is InChI=1S/C19H33N3O4Si/c1-6-24-27(25-7-2,26-8-3)11-9-10-20-19(23)22-14-21-17-12-15(4)16(5)13-18(17)22/h12-13,21H,6-11,14H2,1-5H3,(H,20,23). The van der Waals surface area contributed by atoms with Gasteiger partial charge in [-0.2, -0.15) is 0 Å². The molecule has 27 heavy (non-hydrogen) atoms. The van der Waals surface area contributed by atoms with Crippen LogP contribution in [0, 0.1) is 13.8 Å². The topological polar surface area (TPSA) is 72.1 Å². The van der Waals surface area contributed by atoms with Crippen LogP contribution in [0.4, 0.5) is 16.2 Å². The molecule has 0 aliphatic carbocycles. The number of fused-ring (bicyclic) bond motifs is 1. The van der Waals surface area contributed by atoms with Gasteiger partial charge in [0.05, 0.1) is 18.0 Å². The van der Waals surface area contributed by atoms with Crippen molar-refractivity contribution in [3.05, 3.63) is 23.3 Å². The number of nitrogens with one attached hydrogen (secondary N) is 2. The van der Waals surface area contributed by atoms with E-state index in [1.54, 1.807) is 4.90 Å². The number of rotatable bonds is 10. The van der Waals surface area contributed by atoms with Crippen molar-refractivity contribution in [1.29, 1.82) is 0 Å².